The highest BCUT2D eigenvalue weighted by molar-refractivity contribution is 5.59. The second-order valence-electron chi connectivity index (χ2n) is 2.89. The maximum absolute atomic E-state index is 10.6. The molecule has 0 heterocycles. The van der Waals surface area contributed by atoms with Gasteiger partial charge in [0.1, 0.15) is 12.4 Å². The van der Waals surface area contributed by atoms with Crippen LogP contribution in [0.15, 0.2) is 12.1 Å². The minimum atomic E-state index is -0.715. The summed E-state index contributed by atoms with van der Waals surface area (Å²) in [7, 11) is 1.30. The van der Waals surface area contributed by atoms with E-state index in [4.69, 9.17) is 15.2 Å². The van der Waals surface area contributed by atoms with Crippen molar-refractivity contribution in [3.63, 3.8) is 0 Å². The first-order chi connectivity index (χ1) is 7.60. The van der Waals surface area contributed by atoms with Gasteiger partial charge in [0, 0.05) is 12.6 Å². The molecule has 0 aliphatic rings. The lowest BCUT2D eigenvalue weighted by Crippen LogP contribution is -2.10. The molecule has 7 heteroatoms. The normalized spacial score (nSPS) is 9.88. The average molecular weight is 228 g/mol. The van der Waals surface area contributed by atoms with Gasteiger partial charge in [-0.1, -0.05) is 0 Å². The van der Waals surface area contributed by atoms with Crippen LogP contribution in [0.5, 0.6) is 17.2 Å². The van der Waals surface area contributed by atoms with Crippen LogP contribution in [-0.2, 0) is 0 Å². The molecule has 0 fully saturated rings. The maximum Gasteiger partial charge on any atom is 0.318 e. The Morgan fingerprint density at radius 1 is 1.56 bits per heavy atom. The smallest absolute Gasteiger partial charge is 0.318 e. The minimum Gasteiger partial charge on any atom is -0.500 e. The molecule has 1 aromatic rings. The molecular formula is C9H12N2O5. The van der Waals surface area contributed by atoms with Gasteiger partial charge in [0.05, 0.1) is 18.1 Å². The monoisotopic (exact) mass is 228 g/mol. The van der Waals surface area contributed by atoms with E-state index in [1.807, 2.05) is 0 Å². The summed E-state index contributed by atoms with van der Waals surface area (Å²) in [5.74, 6) is -0.305. The Labute approximate surface area is 91.5 Å². The Morgan fingerprint density at radius 2 is 2.25 bits per heavy atom. The fourth-order valence-corrected chi connectivity index (χ4v) is 1.12. The van der Waals surface area contributed by atoms with Crippen LogP contribution in [0, 0.1) is 10.1 Å². The Hall–Kier alpha value is -2.02. The van der Waals surface area contributed by atoms with Gasteiger partial charge >= 0.3 is 5.69 Å². The molecule has 0 saturated carbocycles. The number of phenolic OH excluding ortho intramolecular Hbond substituents is 1. The lowest BCUT2D eigenvalue weighted by Gasteiger charge is -2.08. The Kier molecular flexibility index (Phi) is 3.90. The van der Waals surface area contributed by atoms with E-state index in [9.17, 15) is 15.2 Å². The van der Waals surface area contributed by atoms with Crippen LogP contribution >= 0.6 is 0 Å². The van der Waals surface area contributed by atoms with Gasteiger partial charge in [0.15, 0.2) is 5.75 Å². The van der Waals surface area contributed by atoms with Crippen LogP contribution in [0.2, 0.25) is 0 Å². The highest BCUT2D eigenvalue weighted by Gasteiger charge is 2.20. The molecule has 0 bridgehead atoms. The Morgan fingerprint density at radius 3 is 2.75 bits per heavy atom. The van der Waals surface area contributed by atoms with Crippen molar-refractivity contribution in [3.05, 3.63) is 22.2 Å². The van der Waals surface area contributed by atoms with E-state index in [0.717, 1.165) is 6.07 Å². The quantitative estimate of drug-likeness (QED) is 0.565. The zero-order chi connectivity index (χ0) is 12.1. The van der Waals surface area contributed by atoms with Gasteiger partial charge < -0.3 is 20.3 Å². The van der Waals surface area contributed by atoms with Crippen molar-refractivity contribution in [1.29, 1.82) is 0 Å². The number of nitrogens with two attached hydrogens (primary N) is 1. The number of ether oxygens (including phenoxy) is 2. The predicted octanol–water partition coefficient (Wildman–Crippen LogP) is 0.646. The first-order valence-electron chi connectivity index (χ1n) is 4.48. The SMILES string of the molecule is COc1cc(OCCN)cc([N+](=O)[O-])c1O. The van der Waals surface area contributed by atoms with Crippen LogP contribution < -0.4 is 15.2 Å². The molecular weight excluding hydrogens is 216 g/mol. The number of methoxy groups -OCH3 is 1. The molecule has 0 radical (unpaired) electrons. The predicted molar refractivity (Wildman–Crippen MR) is 55.9 cm³/mol. The van der Waals surface area contributed by atoms with Crippen molar-refractivity contribution in [3.8, 4) is 17.2 Å². The minimum absolute atomic E-state index is 0.0128. The molecule has 3 N–H and O–H groups in total. The highest BCUT2D eigenvalue weighted by Crippen LogP contribution is 2.39. The van der Waals surface area contributed by atoms with E-state index < -0.39 is 16.4 Å². The largest absolute Gasteiger partial charge is 0.500 e. The van der Waals surface area contributed by atoms with Crippen molar-refractivity contribution >= 4 is 5.69 Å². The average Bonchev–Trinajstić information content (AvgIpc) is 2.27. The molecule has 1 rings (SSSR count). The lowest BCUT2D eigenvalue weighted by atomic mass is 10.2. The standard InChI is InChI=1S/C9H12N2O5/c1-15-8-5-6(16-3-2-10)4-7(9(8)12)11(13)14/h4-5,12H,2-3,10H2,1H3. The van der Waals surface area contributed by atoms with E-state index in [-0.39, 0.29) is 24.7 Å². The van der Waals surface area contributed by atoms with E-state index >= 15 is 0 Å². The summed E-state index contributed by atoms with van der Waals surface area (Å²) >= 11 is 0. The Balaban J connectivity index is 3.12. The molecule has 0 aromatic heterocycles. The summed E-state index contributed by atoms with van der Waals surface area (Å²) in [5, 5.41) is 20.1. The molecule has 0 spiro atoms. The van der Waals surface area contributed by atoms with Crippen molar-refractivity contribution in [2.75, 3.05) is 20.3 Å². The van der Waals surface area contributed by atoms with Crippen LogP contribution in [0.4, 0.5) is 5.69 Å². The summed E-state index contributed by atoms with van der Waals surface area (Å²) in [6.07, 6.45) is 0. The summed E-state index contributed by atoms with van der Waals surface area (Å²) in [6, 6.07) is 2.48. The number of nitrogens with zero attached hydrogens (tertiary/aromatic N) is 1. The summed E-state index contributed by atoms with van der Waals surface area (Å²) in [4.78, 5) is 9.91. The molecule has 7 nitrogen and oxygen atoms in total. The van der Waals surface area contributed by atoms with Crippen LogP contribution in [0.3, 0.4) is 0 Å². The number of benzene rings is 1. The summed E-state index contributed by atoms with van der Waals surface area (Å²) < 4.78 is 9.91. The number of nitro benzene ring substituents is 1. The molecule has 0 saturated heterocycles. The zero-order valence-corrected chi connectivity index (χ0v) is 8.67. The van der Waals surface area contributed by atoms with Crippen LogP contribution in [0.1, 0.15) is 0 Å². The number of phenols is 1. The van der Waals surface area contributed by atoms with Gasteiger partial charge in [-0.15, -0.1) is 0 Å². The number of aromatic hydroxyl groups is 1. The molecule has 88 valence electrons. The lowest BCUT2D eigenvalue weighted by molar-refractivity contribution is -0.386. The third-order valence-electron chi connectivity index (χ3n) is 1.83. The molecule has 0 atom stereocenters. The van der Waals surface area contributed by atoms with Crippen molar-refractivity contribution in [1.82, 2.24) is 0 Å². The first-order valence-corrected chi connectivity index (χ1v) is 4.48. The van der Waals surface area contributed by atoms with E-state index in [0.29, 0.717) is 0 Å². The topological polar surface area (TPSA) is 108 Å². The first kappa shape index (κ1) is 12.1. The van der Waals surface area contributed by atoms with Crippen LogP contribution in [-0.4, -0.2) is 30.3 Å². The fourth-order valence-electron chi connectivity index (χ4n) is 1.12. The van der Waals surface area contributed by atoms with Gasteiger partial charge in [-0.25, -0.2) is 0 Å². The molecule has 0 unspecified atom stereocenters. The van der Waals surface area contributed by atoms with Gasteiger partial charge in [0.25, 0.3) is 0 Å². The highest BCUT2D eigenvalue weighted by atomic mass is 16.6. The van der Waals surface area contributed by atoms with E-state index in [2.05, 4.69) is 0 Å². The van der Waals surface area contributed by atoms with E-state index in [1.54, 1.807) is 0 Å². The van der Waals surface area contributed by atoms with Gasteiger partial charge in [-0.05, 0) is 0 Å². The van der Waals surface area contributed by atoms with Crippen molar-refractivity contribution in [2.45, 2.75) is 0 Å². The van der Waals surface area contributed by atoms with E-state index in [1.165, 1.54) is 13.2 Å². The Bertz CT molecular complexity index is 394. The van der Waals surface area contributed by atoms with Gasteiger partial charge in [-0.3, -0.25) is 10.1 Å². The zero-order valence-electron chi connectivity index (χ0n) is 8.67. The fraction of sp³-hybridized carbons (Fsp3) is 0.333. The van der Waals surface area contributed by atoms with Crippen molar-refractivity contribution in [2.24, 2.45) is 5.73 Å². The number of hydrogen-bond donors (Lipinski definition) is 2. The number of hydrogen-bond acceptors (Lipinski definition) is 6. The second kappa shape index (κ2) is 5.17. The molecule has 0 aliphatic carbocycles. The summed E-state index contributed by atoms with van der Waals surface area (Å²) in [6.45, 7) is 0.516. The summed E-state index contributed by atoms with van der Waals surface area (Å²) in [5.41, 5.74) is 4.77. The molecule has 0 aliphatic heterocycles. The number of rotatable bonds is 5. The maximum atomic E-state index is 10.6. The molecule has 1 aromatic carbocycles. The van der Waals surface area contributed by atoms with Gasteiger partial charge in [-0.2, -0.15) is 0 Å². The number of nitro groups is 1. The molecule has 0 amide bonds. The van der Waals surface area contributed by atoms with Gasteiger partial charge in [0.2, 0.25) is 5.75 Å². The second-order valence-corrected chi connectivity index (χ2v) is 2.89. The van der Waals surface area contributed by atoms with Crippen molar-refractivity contribution < 1.29 is 19.5 Å². The van der Waals surface area contributed by atoms with Crippen LogP contribution in [0.25, 0.3) is 0 Å². The third kappa shape index (κ3) is 2.51. The third-order valence-corrected chi connectivity index (χ3v) is 1.83. The molecule has 16 heavy (non-hydrogen) atoms.